The highest BCUT2D eigenvalue weighted by Crippen LogP contribution is 2.36. The van der Waals surface area contributed by atoms with Crippen LogP contribution in [0.5, 0.6) is 0 Å². The third-order valence-electron chi connectivity index (χ3n) is 4.75. The second-order valence-corrected chi connectivity index (χ2v) is 6.00. The molecule has 2 nitrogen and oxygen atoms in total. The number of likely N-dealkylation sites (N-methyl/N-ethyl adjacent to an activating group) is 1. The molecule has 3 heteroatoms. The first-order valence-electron chi connectivity index (χ1n) is 7.27. The van der Waals surface area contributed by atoms with E-state index in [4.69, 9.17) is 5.73 Å². The van der Waals surface area contributed by atoms with Crippen molar-refractivity contribution >= 4 is 5.69 Å². The molecule has 2 atom stereocenters. The van der Waals surface area contributed by atoms with Crippen LogP contribution in [0.4, 0.5) is 10.1 Å². The Balaban J connectivity index is 2.22. The average Bonchev–Trinajstić information content (AvgIpc) is 2.61. The lowest BCUT2D eigenvalue weighted by atomic mass is 9.87. The number of anilines is 1. The summed E-state index contributed by atoms with van der Waals surface area (Å²) in [6.45, 7) is 2.98. The number of nitrogens with zero attached hydrogens (tertiary/aromatic N) is 1. The van der Waals surface area contributed by atoms with E-state index in [1.165, 1.54) is 31.4 Å². The average molecular weight is 264 g/mol. The van der Waals surface area contributed by atoms with Crippen molar-refractivity contribution in [2.45, 2.75) is 44.6 Å². The zero-order chi connectivity index (χ0) is 13.9. The van der Waals surface area contributed by atoms with Gasteiger partial charge in [-0.1, -0.05) is 19.8 Å². The topological polar surface area (TPSA) is 29.3 Å². The summed E-state index contributed by atoms with van der Waals surface area (Å²) >= 11 is 0. The molecule has 1 saturated carbocycles. The Kier molecular flexibility index (Phi) is 4.46. The van der Waals surface area contributed by atoms with E-state index in [2.05, 4.69) is 18.9 Å². The Bertz CT molecular complexity index is 404. The predicted octanol–water partition coefficient (Wildman–Crippen LogP) is 3.56. The largest absolute Gasteiger partial charge is 0.368 e. The molecule has 106 valence electrons. The molecule has 1 aromatic rings. The van der Waals surface area contributed by atoms with Crippen molar-refractivity contribution in [3.63, 3.8) is 0 Å². The van der Waals surface area contributed by atoms with E-state index in [9.17, 15) is 4.39 Å². The molecule has 0 spiro atoms. The van der Waals surface area contributed by atoms with E-state index < -0.39 is 0 Å². The summed E-state index contributed by atoms with van der Waals surface area (Å²) in [4.78, 5) is 2.27. The SMILES string of the molecule is CC1CCCC(CN)(N(C)c2ccc(F)cc2)CC1. The van der Waals surface area contributed by atoms with Crippen molar-refractivity contribution < 1.29 is 4.39 Å². The van der Waals surface area contributed by atoms with E-state index in [0.717, 1.165) is 24.4 Å². The van der Waals surface area contributed by atoms with Gasteiger partial charge in [0.1, 0.15) is 5.82 Å². The molecule has 0 aromatic heterocycles. The fraction of sp³-hybridized carbons (Fsp3) is 0.625. The van der Waals surface area contributed by atoms with Gasteiger partial charge < -0.3 is 10.6 Å². The van der Waals surface area contributed by atoms with Crippen LogP contribution in [-0.2, 0) is 0 Å². The summed E-state index contributed by atoms with van der Waals surface area (Å²) in [6.07, 6.45) is 5.99. The minimum atomic E-state index is -0.187. The van der Waals surface area contributed by atoms with Crippen LogP contribution in [0.15, 0.2) is 24.3 Å². The monoisotopic (exact) mass is 264 g/mol. The quantitative estimate of drug-likeness (QED) is 0.846. The lowest BCUT2D eigenvalue weighted by Crippen LogP contribution is -2.52. The summed E-state index contributed by atoms with van der Waals surface area (Å²) in [5.74, 6) is 0.600. The Morgan fingerprint density at radius 1 is 1.26 bits per heavy atom. The molecule has 0 radical (unpaired) electrons. The third-order valence-corrected chi connectivity index (χ3v) is 4.75. The third kappa shape index (κ3) is 3.08. The Labute approximate surface area is 115 Å². The highest BCUT2D eigenvalue weighted by atomic mass is 19.1. The summed E-state index contributed by atoms with van der Waals surface area (Å²) in [6, 6.07) is 6.74. The van der Waals surface area contributed by atoms with Crippen LogP contribution in [0.1, 0.15) is 39.0 Å². The lowest BCUT2D eigenvalue weighted by Gasteiger charge is -2.42. The van der Waals surface area contributed by atoms with Crippen LogP contribution >= 0.6 is 0 Å². The normalized spacial score (nSPS) is 27.9. The molecule has 1 fully saturated rings. The maximum Gasteiger partial charge on any atom is 0.123 e. The minimum Gasteiger partial charge on any atom is -0.368 e. The van der Waals surface area contributed by atoms with Gasteiger partial charge in [0.15, 0.2) is 0 Å². The fourth-order valence-corrected chi connectivity index (χ4v) is 3.18. The van der Waals surface area contributed by atoms with Crippen molar-refractivity contribution in [3.8, 4) is 0 Å². The van der Waals surface area contributed by atoms with Crippen molar-refractivity contribution in [1.29, 1.82) is 0 Å². The summed E-state index contributed by atoms with van der Waals surface area (Å²) in [5, 5.41) is 0. The first-order chi connectivity index (χ1) is 9.07. The molecule has 0 saturated heterocycles. The van der Waals surface area contributed by atoms with E-state index in [1.807, 2.05) is 12.1 Å². The van der Waals surface area contributed by atoms with Crippen LogP contribution in [0.3, 0.4) is 0 Å². The van der Waals surface area contributed by atoms with Crippen molar-refractivity contribution in [3.05, 3.63) is 30.1 Å². The molecule has 1 aliphatic carbocycles. The highest BCUT2D eigenvalue weighted by Gasteiger charge is 2.35. The highest BCUT2D eigenvalue weighted by molar-refractivity contribution is 5.48. The zero-order valence-corrected chi connectivity index (χ0v) is 12.0. The maximum absolute atomic E-state index is 13.0. The summed E-state index contributed by atoms with van der Waals surface area (Å²) in [5.41, 5.74) is 7.19. The first-order valence-corrected chi connectivity index (χ1v) is 7.27. The van der Waals surface area contributed by atoms with Crippen LogP contribution in [0, 0.1) is 11.7 Å². The van der Waals surface area contributed by atoms with Gasteiger partial charge >= 0.3 is 0 Å². The molecular weight excluding hydrogens is 239 g/mol. The van der Waals surface area contributed by atoms with Crippen LogP contribution in [-0.4, -0.2) is 19.1 Å². The van der Waals surface area contributed by atoms with Gasteiger partial charge in [0, 0.05) is 19.3 Å². The van der Waals surface area contributed by atoms with Gasteiger partial charge in [0.05, 0.1) is 5.54 Å². The van der Waals surface area contributed by atoms with Gasteiger partial charge in [-0.05, 0) is 49.4 Å². The van der Waals surface area contributed by atoms with Crippen molar-refractivity contribution in [2.75, 3.05) is 18.5 Å². The Morgan fingerprint density at radius 2 is 1.95 bits per heavy atom. The van der Waals surface area contributed by atoms with Crippen LogP contribution < -0.4 is 10.6 Å². The van der Waals surface area contributed by atoms with E-state index in [1.54, 1.807) is 0 Å². The lowest BCUT2D eigenvalue weighted by molar-refractivity contribution is 0.357. The predicted molar refractivity (Wildman–Crippen MR) is 78.8 cm³/mol. The number of hydrogen-bond acceptors (Lipinski definition) is 2. The van der Waals surface area contributed by atoms with Crippen molar-refractivity contribution in [2.24, 2.45) is 11.7 Å². The number of halogens is 1. The van der Waals surface area contributed by atoms with Gasteiger partial charge in [0.2, 0.25) is 0 Å². The second-order valence-electron chi connectivity index (χ2n) is 6.00. The molecule has 2 rings (SSSR count). The van der Waals surface area contributed by atoms with E-state index in [0.29, 0.717) is 6.54 Å². The molecule has 1 aliphatic rings. The smallest absolute Gasteiger partial charge is 0.123 e. The molecule has 2 unspecified atom stereocenters. The standard InChI is InChI=1S/C16H25FN2/c1-13-4-3-10-16(12-18,11-9-13)19(2)15-7-5-14(17)6-8-15/h5-8,13H,3-4,9-12,18H2,1-2H3. The zero-order valence-electron chi connectivity index (χ0n) is 12.0. The first kappa shape index (κ1) is 14.3. The van der Waals surface area contributed by atoms with Gasteiger partial charge in [-0.25, -0.2) is 4.39 Å². The molecule has 0 bridgehead atoms. The Hall–Kier alpha value is -1.09. The van der Waals surface area contributed by atoms with Gasteiger partial charge in [0.25, 0.3) is 0 Å². The molecule has 0 heterocycles. The van der Waals surface area contributed by atoms with Crippen molar-refractivity contribution in [1.82, 2.24) is 0 Å². The minimum absolute atomic E-state index is 0.0303. The number of benzene rings is 1. The van der Waals surface area contributed by atoms with Gasteiger partial charge in [-0.3, -0.25) is 0 Å². The number of rotatable bonds is 3. The Morgan fingerprint density at radius 3 is 2.58 bits per heavy atom. The van der Waals surface area contributed by atoms with E-state index in [-0.39, 0.29) is 11.4 Å². The number of hydrogen-bond donors (Lipinski definition) is 1. The van der Waals surface area contributed by atoms with Gasteiger partial charge in [-0.15, -0.1) is 0 Å². The van der Waals surface area contributed by atoms with Crippen LogP contribution in [0.2, 0.25) is 0 Å². The van der Waals surface area contributed by atoms with Crippen LogP contribution in [0.25, 0.3) is 0 Å². The molecule has 0 aliphatic heterocycles. The molecular formula is C16H25FN2. The number of nitrogens with two attached hydrogens (primary N) is 1. The molecule has 19 heavy (non-hydrogen) atoms. The van der Waals surface area contributed by atoms with E-state index >= 15 is 0 Å². The fourth-order valence-electron chi connectivity index (χ4n) is 3.18. The molecule has 0 amide bonds. The summed E-state index contributed by atoms with van der Waals surface area (Å²) < 4.78 is 13.0. The maximum atomic E-state index is 13.0. The molecule has 2 N–H and O–H groups in total. The second kappa shape index (κ2) is 5.91. The molecule has 1 aromatic carbocycles. The summed E-state index contributed by atoms with van der Waals surface area (Å²) in [7, 11) is 2.09. The van der Waals surface area contributed by atoms with Gasteiger partial charge in [-0.2, -0.15) is 0 Å².